The normalized spacial score (nSPS) is 10.8. The van der Waals surface area contributed by atoms with Gasteiger partial charge in [-0.05, 0) is 36.4 Å². The fourth-order valence-electron chi connectivity index (χ4n) is 3.66. The van der Waals surface area contributed by atoms with Crippen LogP contribution in [0.25, 0.3) is 11.0 Å². The van der Waals surface area contributed by atoms with Crippen molar-refractivity contribution in [2.75, 3.05) is 21.3 Å². The van der Waals surface area contributed by atoms with Crippen molar-refractivity contribution in [1.82, 2.24) is 14.5 Å². The van der Waals surface area contributed by atoms with E-state index >= 15 is 0 Å². The van der Waals surface area contributed by atoms with Crippen molar-refractivity contribution in [2.24, 2.45) is 0 Å². The number of likely N-dealkylation sites (N-methyl/N-ethyl adjacent to an activating group) is 1. The van der Waals surface area contributed by atoms with Crippen LogP contribution in [0.2, 0.25) is 0 Å². The summed E-state index contributed by atoms with van der Waals surface area (Å²) in [4.78, 5) is 19.6. The minimum absolute atomic E-state index is 0.0445. The van der Waals surface area contributed by atoms with Crippen molar-refractivity contribution in [3.8, 4) is 17.2 Å². The van der Waals surface area contributed by atoms with Gasteiger partial charge in [0.05, 0.1) is 25.3 Å². The van der Waals surface area contributed by atoms with E-state index < -0.39 is 0 Å². The minimum atomic E-state index is -0.0445. The third-order valence-electron chi connectivity index (χ3n) is 5.47. The highest BCUT2D eigenvalue weighted by atomic mass is 16.5. The zero-order chi connectivity index (χ0) is 23.2. The highest BCUT2D eigenvalue weighted by Crippen LogP contribution is 2.26. The number of imidazole rings is 1. The van der Waals surface area contributed by atoms with Gasteiger partial charge < -0.3 is 23.7 Å². The maximum Gasteiger partial charge on any atom is 0.242 e. The molecule has 1 amide bonds. The van der Waals surface area contributed by atoms with Crippen LogP contribution in [-0.2, 0) is 24.5 Å². The number of hydrogen-bond donors (Lipinski definition) is 0. The largest absolute Gasteiger partial charge is 0.497 e. The summed E-state index contributed by atoms with van der Waals surface area (Å²) in [5, 5.41) is 0. The number of methoxy groups -OCH3 is 2. The number of nitrogens with zero attached hydrogens (tertiary/aromatic N) is 3. The first-order valence-corrected chi connectivity index (χ1v) is 10.7. The number of hydrogen-bond acceptors (Lipinski definition) is 5. The van der Waals surface area contributed by atoms with Crippen LogP contribution in [0.3, 0.4) is 0 Å². The summed E-state index contributed by atoms with van der Waals surface area (Å²) in [6, 6.07) is 22.9. The predicted octanol–water partition coefficient (Wildman–Crippen LogP) is 4.29. The maximum atomic E-state index is 13.2. The lowest BCUT2D eigenvalue weighted by Crippen LogP contribution is -2.30. The van der Waals surface area contributed by atoms with Crippen molar-refractivity contribution in [1.29, 1.82) is 0 Å². The topological polar surface area (TPSA) is 65.8 Å². The zero-order valence-corrected chi connectivity index (χ0v) is 19.0. The molecule has 33 heavy (non-hydrogen) atoms. The summed E-state index contributed by atoms with van der Waals surface area (Å²) < 4.78 is 18.6. The van der Waals surface area contributed by atoms with Gasteiger partial charge >= 0.3 is 0 Å². The van der Waals surface area contributed by atoms with Crippen LogP contribution in [-0.4, -0.2) is 41.6 Å². The number of benzene rings is 3. The Morgan fingerprint density at radius 3 is 2.45 bits per heavy atom. The monoisotopic (exact) mass is 445 g/mol. The van der Waals surface area contributed by atoms with Gasteiger partial charge in [0.25, 0.3) is 0 Å². The van der Waals surface area contributed by atoms with E-state index in [1.807, 2.05) is 77.4 Å². The average Bonchev–Trinajstić information content (AvgIpc) is 3.20. The van der Waals surface area contributed by atoms with E-state index in [9.17, 15) is 4.79 Å². The number of ether oxygens (including phenoxy) is 3. The summed E-state index contributed by atoms with van der Waals surface area (Å²) in [5.41, 5.74) is 2.63. The SMILES string of the molecule is COc1ccc(CN(C)C(=O)Cn2c(COc3ccccc3)nc3ccccc32)c(OC)c1. The molecular weight excluding hydrogens is 418 g/mol. The number of rotatable bonds is 9. The average molecular weight is 446 g/mol. The molecule has 4 aromatic rings. The molecule has 3 aromatic carbocycles. The number of carbonyl (C=O) groups is 1. The van der Waals surface area contributed by atoms with Gasteiger partial charge in [-0.25, -0.2) is 4.98 Å². The van der Waals surface area contributed by atoms with E-state index in [4.69, 9.17) is 19.2 Å². The fraction of sp³-hybridized carbons (Fsp3) is 0.231. The highest BCUT2D eigenvalue weighted by Gasteiger charge is 2.18. The van der Waals surface area contributed by atoms with E-state index in [1.54, 1.807) is 26.2 Å². The minimum Gasteiger partial charge on any atom is -0.497 e. The molecule has 1 aromatic heterocycles. The van der Waals surface area contributed by atoms with Crippen molar-refractivity contribution >= 4 is 16.9 Å². The number of para-hydroxylation sites is 3. The molecule has 0 saturated carbocycles. The van der Waals surface area contributed by atoms with E-state index in [0.29, 0.717) is 23.9 Å². The van der Waals surface area contributed by atoms with Crippen LogP contribution in [0.4, 0.5) is 0 Å². The fourth-order valence-corrected chi connectivity index (χ4v) is 3.66. The lowest BCUT2D eigenvalue weighted by molar-refractivity contribution is -0.131. The summed E-state index contributed by atoms with van der Waals surface area (Å²) in [7, 11) is 5.00. The molecule has 7 nitrogen and oxygen atoms in total. The Bertz CT molecular complexity index is 1240. The Labute approximate surface area is 193 Å². The van der Waals surface area contributed by atoms with Gasteiger partial charge in [-0.2, -0.15) is 0 Å². The van der Waals surface area contributed by atoms with Crippen LogP contribution in [0.5, 0.6) is 17.2 Å². The standard InChI is InChI=1S/C26H27N3O4/c1-28(16-19-13-14-21(31-2)15-24(19)32-3)26(30)17-29-23-12-8-7-11-22(23)27-25(29)18-33-20-9-5-4-6-10-20/h4-15H,16-18H2,1-3H3. The summed E-state index contributed by atoms with van der Waals surface area (Å²) in [6.45, 7) is 0.833. The summed E-state index contributed by atoms with van der Waals surface area (Å²) in [6.07, 6.45) is 0. The Morgan fingerprint density at radius 2 is 1.70 bits per heavy atom. The van der Waals surface area contributed by atoms with E-state index in [0.717, 1.165) is 22.3 Å². The van der Waals surface area contributed by atoms with Gasteiger partial charge in [0.15, 0.2) is 0 Å². The molecule has 0 unspecified atom stereocenters. The van der Waals surface area contributed by atoms with Crippen LogP contribution < -0.4 is 14.2 Å². The molecule has 170 valence electrons. The first-order chi connectivity index (χ1) is 16.1. The predicted molar refractivity (Wildman–Crippen MR) is 127 cm³/mol. The molecule has 0 saturated heterocycles. The van der Waals surface area contributed by atoms with Gasteiger partial charge in [0, 0.05) is 25.2 Å². The molecule has 0 aliphatic rings. The Hall–Kier alpha value is -4.00. The summed E-state index contributed by atoms with van der Waals surface area (Å²) >= 11 is 0. The first-order valence-electron chi connectivity index (χ1n) is 10.7. The molecule has 0 radical (unpaired) electrons. The van der Waals surface area contributed by atoms with Crippen molar-refractivity contribution in [3.05, 3.63) is 84.2 Å². The molecule has 0 spiro atoms. The Balaban J connectivity index is 1.53. The lowest BCUT2D eigenvalue weighted by Gasteiger charge is -2.20. The number of aromatic nitrogens is 2. The molecule has 0 N–H and O–H groups in total. The zero-order valence-electron chi connectivity index (χ0n) is 19.0. The Kier molecular flexibility index (Phi) is 6.78. The van der Waals surface area contributed by atoms with Gasteiger partial charge in [0.2, 0.25) is 5.91 Å². The molecule has 1 heterocycles. The van der Waals surface area contributed by atoms with Crippen LogP contribution in [0.1, 0.15) is 11.4 Å². The number of amides is 1. The molecular formula is C26H27N3O4. The van der Waals surface area contributed by atoms with Gasteiger partial charge in [0.1, 0.15) is 36.2 Å². The van der Waals surface area contributed by atoms with Crippen LogP contribution >= 0.6 is 0 Å². The second-order valence-corrected chi connectivity index (χ2v) is 7.63. The van der Waals surface area contributed by atoms with Gasteiger partial charge in [-0.15, -0.1) is 0 Å². The highest BCUT2D eigenvalue weighted by molar-refractivity contribution is 5.81. The lowest BCUT2D eigenvalue weighted by atomic mass is 10.1. The van der Waals surface area contributed by atoms with E-state index in [-0.39, 0.29) is 19.1 Å². The second-order valence-electron chi connectivity index (χ2n) is 7.63. The molecule has 0 aliphatic heterocycles. The third kappa shape index (κ3) is 5.09. The Morgan fingerprint density at radius 1 is 0.939 bits per heavy atom. The smallest absolute Gasteiger partial charge is 0.242 e. The molecule has 0 fully saturated rings. The van der Waals surface area contributed by atoms with Gasteiger partial charge in [-0.1, -0.05) is 30.3 Å². The van der Waals surface area contributed by atoms with E-state index in [2.05, 4.69) is 0 Å². The number of carbonyl (C=O) groups excluding carboxylic acids is 1. The third-order valence-corrected chi connectivity index (χ3v) is 5.47. The van der Waals surface area contributed by atoms with Crippen LogP contribution in [0.15, 0.2) is 72.8 Å². The summed E-state index contributed by atoms with van der Waals surface area (Å²) in [5.74, 6) is 2.79. The molecule has 0 atom stereocenters. The molecule has 0 aliphatic carbocycles. The van der Waals surface area contributed by atoms with Crippen molar-refractivity contribution < 1.29 is 19.0 Å². The molecule has 4 rings (SSSR count). The molecule has 0 bridgehead atoms. The molecule has 7 heteroatoms. The van der Waals surface area contributed by atoms with Crippen molar-refractivity contribution in [2.45, 2.75) is 19.7 Å². The van der Waals surface area contributed by atoms with Crippen molar-refractivity contribution in [3.63, 3.8) is 0 Å². The quantitative estimate of drug-likeness (QED) is 0.385. The van der Waals surface area contributed by atoms with Crippen LogP contribution in [0, 0.1) is 0 Å². The van der Waals surface area contributed by atoms with E-state index in [1.165, 1.54) is 0 Å². The van der Waals surface area contributed by atoms with Gasteiger partial charge in [-0.3, -0.25) is 4.79 Å². The first kappa shape index (κ1) is 22.2. The number of fused-ring (bicyclic) bond motifs is 1. The maximum absolute atomic E-state index is 13.2. The second kappa shape index (κ2) is 10.1.